The fourth-order valence-corrected chi connectivity index (χ4v) is 1.63. The van der Waals surface area contributed by atoms with Crippen LogP contribution in [0.1, 0.15) is 19.4 Å². The highest BCUT2D eigenvalue weighted by molar-refractivity contribution is 5.83. The summed E-state index contributed by atoms with van der Waals surface area (Å²) in [5.74, 6) is -0.624. The van der Waals surface area contributed by atoms with Gasteiger partial charge in [0, 0.05) is 6.42 Å². The van der Waals surface area contributed by atoms with Crippen LogP contribution < -0.4 is 0 Å². The van der Waals surface area contributed by atoms with Crippen LogP contribution in [-0.2, 0) is 20.7 Å². The van der Waals surface area contributed by atoms with Gasteiger partial charge in [0.25, 0.3) is 0 Å². The molecular weight excluding hydrogens is 223 g/mol. The largest absolute Gasteiger partial charge is 0.461 e. The number of hydrogen-bond acceptors (Lipinski definition) is 3. The third-order valence-electron chi connectivity index (χ3n) is 2.61. The molecule has 3 nitrogen and oxygen atoms in total. The first-order chi connectivity index (χ1) is 8.02. The third kappa shape index (κ3) is 2.82. The maximum absolute atomic E-state index is 12.7. The first kappa shape index (κ1) is 12.0. The fourth-order valence-electron chi connectivity index (χ4n) is 1.63. The number of benzene rings is 1. The summed E-state index contributed by atoms with van der Waals surface area (Å²) in [4.78, 5) is 11.8. The van der Waals surface area contributed by atoms with Crippen LogP contribution >= 0.6 is 0 Å². The average Bonchev–Trinajstić information content (AvgIpc) is 3.02. The van der Waals surface area contributed by atoms with Gasteiger partial charge >= 0.3 is 5.97 Å². The molecule has 1 unspecified atom stereocenters. The lowest BCUT2D eigenvalue weighted by Gasteiger charge is -2.14. The number of epoxide rings is 1. The van der Waals surface area contributed by atoms with E-state index in [1.165, 1.54) is 12.1 Å². The quantitative estimate of drug-likeness (QED) is 0.595. The zero-order valence-electron chi connectivity index (χ0n) is 9.90. The number of esters is 1. The predicted molar refractivity (Wildman–Crippen MR) is 60.0 cm³/mol. The first-order valence-electron chi connectivity index (χ1n) is 5.61. The van der Waals surface area contributed by atoms with Crippen molar-refractivity contribution >= 4 is 5.97 Å². The van der Waals surface area contributed by atoms with Gasteiger partial charge in [-0.3, -0.25) is 0 Å². The standard InChI is InChI=1S/C13H15FO3/c1-9(2)17-12(15)13(8-16-13)7-10-3-5-11(14)6-4-10/h3-6,9H,7-8H2,1-2H3. The van der Waals surface area contributed by atoms with Gasteiger partial charge in [-0.25, -0.2) is 9.18 Å². The number of ether oxygens (including phenoxy) is 2. The summed E-state index contributed by atoms with van der Waals surface area (Å²) in [6.45, 7) is 3.97. The number of halogens is 1. The third-order valence-corrected chi connectivity index (χ3v) is 2.61. The average molecular weight is 238 g/mol. The highest BCUT2D eigenvalue weighted by atomic mass is 19.1. The molecule has 0 aromatic heterocycles. The second kappa shape index (κ2) is 4.45. The Morgan fingerprint density at radius 3 is 2.53 bits per heavy atom. The van der Waals surface area contributed by atoms with E-state index in [1.807, 2.05) is 0 Å². The molecule has 1 aliphatic heterocycles. The summed E-state index contributed by atoms with van der Waals surface area (Å²) >= 11 is 0. The minimum absolute atomic E-state index is 0.156. The SMILES string of the molecule is CC(C)OC(=O)C1(Cc2ccc(F)cc2)CO1. The molecule has 0 aliphatic carbocycles. The van der Waals surface area contributed by atoms with Gasteiger partial charge < -0.3 is 9.47 Å². The molecule has 0 N–H and O–H groups in total. The smallest absolute Gasteiger partial charge is 0.341 e. The van der Waals surface area contributed by atoms with E-state index in [4.69, 9.17) is 9.47 Å². The summed E-state index contributed by atoms with van der Waals surface area (Å²) < 4.78 is 23.1. The molecule has 1 atom stereocenters. The molecule has 0 spiro atoms. The number of rotatable bonds is 4. The monoisotopic (exact) mass is 238 g/mol. The van der Waals surface area contributed by atoms with Crippen molar-refractivity contribution in [1.82, 2.24) is 0 Å². The summed E-state index contributed by atoms with van der Waals surface area (Å²) in [5, 5.41) is 0. The van der Waals surface area contributed by atoms with Crippen LogP contribution in [0.4, 0.5) is 4.39 Å². The van der Waals surface area contributed by atoms with Gasteiger partial charge in [-0.1, -0.05) is 12.1 Å². The topological polar surface area (TPSA) is 38.8 Å². The molecule has 0 radical (unpaired) electrons. The molecule has 92 valence electrons. The van der Waals surface area contributed by atoms with Crippen LogP contribution in [0.25, 0.3) is 0 Å². The van der Waals surface area contributed by atoms with Crippen molar-refractivity contribution in [3.8, 4) is 0 Å². The van der Waals surface area contributed by atoms with E-state index >= 15 is 0 Å². The number of hydrogen-bond donors (Lipinski definition) is 0. The van der Waals surface area contributed by atoms with Crippen LogP contribution in [0, 0.1) is 5.82 Å². The molecule has 17 heavy (non-hydrogen) atoms. The van der Waals surface area contributed by atoms with Crippen molar-refractivity contribution < 1.29 is 18.7 Å². The van der Waals surface area contributed by atoms with Crippen molar-refractivity contribution in [1.29, 1.82) is 0 Å². The minimum atomic E-state index is -0.845. The number of carbonyl (C=O) groups excluding carboxylic acids is 1. The zero-order valence-corrected chi connectivity index (χ0v) is 9.90. The van der Waals surface area contributed by atoms with Gasteiger partial charge in [0.2, 0.25) is 0 Å². The van der Waals surface area contributed by atoms with Gasteiger partial charge in [-0.2, -0.15) is 0 Å². The highest BCUT2D eigenvalue weighted by Crippen LogP contribution is 2.33. The maximum Gasteiger partial charge on any atom is 0.341 e. The Labute approximate surface area is 99.5 Å². The summed E-state index contributed by atoms with van der Waals surface area (Å²) in [5.41, 5.74) is 0.0202. The van der Waals surface area contributed by atoms with E-state index in [0.717, 1.165) is 5.56 Å². The van der Waals surface area contributed by atoms with Gasteiger partial charge in [-0.15, -0.1) is 0 Å². The van der Waals surface area contributed by atoms with E-state index in [0.29, 0.717) is 13.0 Å². The molecule has 4 heteroatoms. The van der Waals surface area contributed by atoms with Gasteiger partial charge in [0.15, 0.2) is 5.60 Å². The lowest BCUT2D eigenvalue weighted by atomic mass is 10.0. The van der Waals surface area contributed by atoms with E-state index in [1.54, 1.807) is 26.0 Å². The molecule has 1 saturated heterocycles. The molecule has 0 bridgehead atoms. The first-order valence-corrected chi connectivity index (χ1v) is 5.61. The minimum Gasteiger partial charge on any atom is -0.461 e. The van der Waals surface area contributed by atoms with Crippen LogP contribution in [-0.4, -0.2) is 24.3 Å². The Morgan fingerprint density at radius 1 is 1.47 bits per heavy atom. The van der Waals surface area contributed by atoms with E-state index in [9.17, 15) is 9.18 Å². The van der Waals surface area contributed by atoms with Gasteiger partial charge in [0.05, 0.1) is 12.7 Å². The van der Waals surface area contributed by atoms with Crippen LogP contribution in [0.2, 0.25) is 0 Å². The lowest BCUT2D eigenvalue weighted by molar-refractivity contribution is -0.153. The second-order valence-corrected chi connectivity index (χ2v) is 4.54. The van der Waals surface area contributed by atoms with Gasteiger partial charge in [-0.05, 0) is 31.5 Å². The second-order valence-electron chi connectivity index (χ2n) is 4.54. The van der Waals surface area contributed by atoms with Crippen molar-refractivity contribution in [3.05, 3.63) is 35.6 Å². The van der Waals surface area contributed by atoms with Crippen LogP contribution in [0.5, 0.6) is 0 Å². The molecule has 1 heterocycles. The maximum atomic E-state index is 12.7. The Morgan fingerprint density at radius 2 is 2.06 bits per heavy atom. The Kier molecular flexibility index (Phi) is 3.15. The molecule has 2 rings (SSSR count). The zero-order chi connectivity index (χ0) is 12.5. The molecule has 0 amide bonds. The molecule has 1 aromatic carbocycles. The van der Waals surface area contributed by atoms with E-state index in [2.05, 4.69) is 0 Å². The Hall–Kier alpha value is -1.42. The van der Waals surface area contributed by atoms with E-state index in [-0.39, 0.29) is 17.9 Å². The van der Waals surface area contributed by atoms with Gasteiger partial charge in [0.1, 0.15) is 5.82 Å². The van der Waals surface area contributed by atoms with Crippen molar-refractivity contribution in [3.63, 3.8) is 0 Å². The molecule has 1 aromatic rings. The van der Waals surface area contributed by atoms with Crippen LogP contribution in [0.3, 0.4) is 0 Å². The van der Waals surface area contributed by atoms with E-state index < -0.39 is 5.60 Å². The summed E-state index contributed by atoms with van der Waals surface area (Å²) in [6, 6.07) is 6.06. The summed E-state index contributed by atoms with van der Waals surface area (Å²) in [7, 11) is 0. The molecule has 1 aliphatic rings. The highest BCUT2D eigenvalue weighted by Gasteiger charge is 2.53. The summed E-state index contributed by atoms with van der Waals surface area (Å²) in [6.07, 6.45) is 0.274. The van der Waals surface area contributed by atoms with Crippen molar-refractivity contribution in [2.75, 3.05) is 6.61 Å². The van der Waals surface area contributed by atoms with Crippen molar-refractivity contribution in [2.24, 2.45) is 0 Å². The molecule has 0 saturated carbocycles. The Bertz CT molecular complexity index is 407. The number of carbonyl (C=O) groups is 1. The van der Waals surface area contributed by atoms with Crippen molar-refractivity contribution in [2.45, 2.75) is 32.0 Å². The molecule has 1 fully saturated rings. The predicted octanol–water partition coefficient (Wildman–Crippen LogP) is 2.09. The normalized spacial score (nSPS) is 22.6. The van der Waals surface area contributed by atoms with Crippen LogP contribution in [0.15, 0.2) is 24.3 Å². The Balaban J connectivity index is 2.03. The fraction of sp³-hybridized carbons (Fsp3) is 0.462. The lowest BCUT2D eigenvalue weighted by Crippen LogP contribution is -2.31. The molecular formula is C13H15FO3.